The number of carbonyl (C=O) groups is 2. The number of carboxylic acid groups (broad SMARTS) is 1. The SMILES string of the molecule is COc1cccc(C=Cc2ccccc2OCC(CN(C)C)OC(=O)CCC(=O)O)c1.Cl. The average molecular weight is 464 g/mol. The van der Waals surface area contributed by atoms with Gasteiger partial charge in [0.1, 0.15) is 24.2 Å². The van der Waals surface area contributed by atoms with Gasteiger partial charge in [-0.3, -0.25) is 9.59 Å². The molecule has 2 aromatic carbocycles. The molecule has 32 heavy (non-hydrogen) atoms. The molecule has 0 aliphatic carbocycles. The van der Waals surface area contributed by atoms with E-state index in [0.717, 1.165) is 16.9 Å². The number of methoxy groups -OCH3 is 1. The van der Waals surface area contributed by atoms with Gasteiger partial charge in [0, 0.05) is 12.1 Å². The average Bonchev–Trinajstić information content (AvgIpc) is 2.75. The first-order chi connectivity index (χ1) is 14.9. The van der Waals surface area contributed by atoms with Gasteiger partial charge in [-0.05, 0) is 37.9 Å². The smallest absolute Gasteiger partial charge is 0.306 e. The van der Waals surface area contributed by atoms with Crippen LogP contribution in [0.25, 0.3) is 12.2 Å². The Hall–Kier alpha value is -3.03. The Morgan fingerprint density at radius 1 is 1.06 bits per heavy atom. The molecule has 0 spiro atoms. The summed E-state index contributed by atoms with van der Waals surface area (Å²) >= 11 is 0. The zero-order chi connectivity index (χ0) is 22.6. The molecule has 0 saturated carbocycles. The number of halogens is 1. The molecule has 0 fully saturated rings. The predicted octanol–water partition coefficient (Wildman–Crippen LogP) is 4.00. The van der Waals surface area contributed by atoms with Gasteiger partial charge in [-0.2, -0.15) is 0 Å². The molecule has 1 N–H and O–H groups in total. The summed E-state index contributed by atoms with van der Waals surface area (Å²) in [6.07, 6.45) is 2.97. The predicted molar refractivity (Wildman–Crippen MR) is 126 cm³/mol. The second kappa shape index (κ2) is 14.1. The van der Waals surface area contributed by atoms with E-state index >= 15 is 0 Å². The quantitative estimate of drug-likeness (QED) is 0.376. The maximum Gasteiger partial charge on any atom is 0.306 e. The number of rotatable bonds is 12. The number of hydrogen-bond acceptors (Lipinski definition) is 6. The summed E-state index contributed by atoms with van der Waals surface area (Å²) in [4.78, 5) is 24.5. The Balaban J connectivity index is 0.00000512. The highest BCUT2D eigenvalue weighted by atomic mass is 35.5. The van der Waals surface area contributed by atoms with E-state index in [2.05, 4.69) is 0 Å². The van der Waals surface area contributed by atoms with Crippen LogP contribution in [-0.4, -0.2) is 62.4 Å². The molecule has 0 saturated heterocycles. The molecule has 174 valence electrons. The minimum atomic E-state index is -1.03. The Morgan fingerprint density at radius 3 is 2.50 bits per heavy atom. The van der Waals surface area contributed by atoms with E-state index in [0.29, 0.717) is 12.3 Å². The minimum absolute atomic E-state index is 0. The number of hydrogen-bond donors (Lipinski definition) is 1. The molecule has 0 aliphatic rings. The van der Waals surface area contributed by atoms with Crippen LogP contribution in [0.15, 0.2) is 48.5 Å². The molecule has 0 aliphatic heterocycles. The summed E-state index contributed by atoms with van der Waals surface area (Å²) in [5.41, 5.74) is 1.87. The summed E-state index contributed by atoms with van der Waals surface area (Å²) in [6.45, 7) is 0.613. The van der Waals surface area contributed by atoms with Crippen molar-refractivity contribution >= 4 is 36.5 Å². The van der Waals surface area contributed by atoms with E-state index in [-0.39, 0.29) is 31.9 Å². The number of nitrogens with zero attached hydrogens (tertiary/aromatic N) is 1. The van der Waals surface area contributed by atoms with Gasteiger partial charge >= 0.3 is 11.9 Å². The number of para-hydroxylation sites is 1. The number of likely N-dealkylation sites (N-methyl/N-ethyl adjacent to an activating group) is 1. The molecule has 2 aromatic rings. The lowest BCUT2D eigenvalue weighted by atomic mass is 10.1. The van der Waals surface area contributed by atoms with Gasteiger partial charge in [0.05, 0.1) is 20.0 Å². The lowest BCUT2D eigenvalue weighted by molar-refractivity contribution is -0.153. The van der Waals surface area contributed by atoms with Crippen LogP contribution in [0.3, 0.4) is 0 Å². The number of ether oxygens (including phenoxy) is 3. The lowest BCUT2D eigenvalue weighted by Crippen LogP contribution is -2.35. The van der Waals surface area contributed by atoms with Crippen LogP contribution in [0, 0.1) is 0 Å². The first kappa shape index (κ1) is 27.0. The van der Waals surface area contributed by atoms with E-state index in [9.17, 15) is 9.59 Å². The first-order valence-electron chi connectivity index (χ1n) is 9.97. The molecule has 0 radical (unpaired) electrons. The van der Waals surface area contributed by atoms with Gasteiger partial charge < -0.3 is 24.2 Å². The number of carboxylic acids is 1. The number of benzene rings is 2. The van der Waals surface area contributed by atoms with Gasteiger partial charge in [0.25, 0.3) is 0 Å². The van der Waals surface area contributed by atoms with Crippen LogP contribution in [0.4, 0.5) is 0 Å². The summed E-state index contributed by atoms with van der Waals surface area (Å²) in [5, 5.41) is 8.73. The molecule has 2 rings (SSSR count). The van der Waals surface area contributed by atoms with Gasteiger partial charge in [0.2, 0.25) is 0 Å². The Labute approximate surface area is 195 Å². The van der Waals surface area contributed by atoms with Crippen LogP contribution in [-0.2, 0) is 14.3 Å². The van der Waals surface area contributed by atoms with Gasteiger partial charge in [-0.1, -0.05) is 42.5 Å². The van der Waals surface area contributed by atoms with E-state index in [1.165, 1.54) is 0 Å². The van der Waals surface area contributed by atoms with Gasteiger partial charge in [0.15, 0.2) is 0 Å². The lowest BCUT2D eigenvalue weighted by Gasteiger charge is -2.22. The van der Waals surface area contributed by atoms with Crippen LogP contribution >= 0.6 is 12.4 Å². The van der Waals surface area contributed by atoms with Crippen LogP contribution < -0.4 is 9.47 Å². The second-order valence-corrected chi connectivity index (χ2v) is 7.23. The zero-order valence-electron chi connectivity index (χ0n) is 18.5. The Bertz CT molecular complexity index is 900. The second-order valence-electron chi connectivity index (χ2n) is 7.23. The molecule has 7 nitrogen and oxygen atoms in total. The number of aliphatic carboxylic acids is 1. The first-order valence-corrected chi connectivity index (χ1v) is 9.97. The summed E-state index contributed by atoms with van der Waals surface area (Å²) in [5.74, 6) is -0.145. The molecule has 1 unspecified atom stereocenters. The maximum atomic E-state index is 11.9. The fraction of sp³-hybridized carbons (Fsp3) is 0.333. The van der Waals surface area contributed by atoms with Crippen molar-refractivity contribution in [3.8, 4) is 11.5 Å². The van der Waals surface area contributed by atoms with Crippen molar-refractivity contribution in [1.29, 1.82) is 0 Å². The van der Waals surface area contributed by atoms with Crippen molar-refractivity contribution in [2.45, 2.75) is 18.9 Å². The van der Waals surface area contributed by atoms with Crippen LogP contribution in [0.2, 0.25) is 0 Å². The normalized spacial score (nSPS) is 11.6. The molecular weight excluding hydrogens is 434 g/mol. The molecule has 0 bridgehead atoms. The van der Waals surface area contributed by atoms with Crippen LogP contribution in [0.1, 0.15) is 24.0 Å². The molecular formula is C24H30ClNO6. The Morgan fingerprint density at radius 2 is 1.81 bits per heavy atom. The topological polar surface area (TPSA) is 85.3 Å². The van der Waals surface area contributed by atoms with Crippen LogP contribution in [0.5, 0.6) is 11.5 Å². The van der Waals surface area contributed by atoms with Crippen molar-refractivity contribution in [1.82, 2.24) is 4.90 Å². The fourth-order valence-electron chi connectivity index (χ4n) is 2.85. The summed E-state index contributed by atoms with van der Waals surface area (Å²) < 4.78 is 16.6. The third-order valence-electron chi connectivity index (χ3n) is 4.30. The third-order valence-corrected chi connectivity index (χ3v) is 4.30. The van der Waals surface area contributed by atoms with Crippen molar-refractivity contribution in [3.05, 3.63) is 59.7 Å². The number of carbonyl (C=O) groups excluding carboxylic acids is 1. The highest BCUT2D eigenvalue weighted by Crippen LogP contribution is 2.22. The maximum absolute atomic E-state index is 11.9. The molecule has 8 heteroatoms. The van der Waals surface area contributed by atoms with E-state index in [1.54, 1.807) is 7.11 Å². The van der Waals surface area contributed by atoms with Crippen molar-refractivity contribution < 1.29 is 28.9 Å². The monoisotopic (exact) mass is 463 g/mol. The third kappa shape index (κ3) is 9.85. The van der Waals surface area contributed by atoms with Gasteiger partial charge in [-0.25, -0.2) is 0 Å². The zero-order valence-corrected chi connectivity index (χ0v) is 19.3. The summed E-state index contributed by atoms with van der Waals surface area (Å²) in [7, 11) is 5.36. The molecule has 0 amide bonds. The molecule has 0 heterocycles. The number of esters is 1. The van der Waals surface area contributed by atoms with Gasteiger partial charge in [-0.15, -0.1) is 12.4 Å². The molecule has 0 aromatic heterocycles. The fourth-order valence-corrected chi connectivity index (χ4v) is 2.85. The van der Waals surface area contributed by atoms with E-state index in [1.807, 2.05) is 79.7 Å². The standard InChI is InChI=1S/C24H29NO6.ClH/c1-25(2)16-21(31-24(28)14-13-23(26)27)17-30-22-10-5-4-8-19(22)12-11-18-7-6-9-20(15-18)29-3;/h4-12,15,21H,13-14,16-17H2,1-3H3,(H,26,27);1H. The highest BCUT2D eigenvalue weighted by Gasteiger charge is 2.18. The van der Waals surface area contributed by atoms with Crippen molar-refractivity contribution in [2.24, 2.45) is 0 Å². The van der Waals surface area contributed by atoms with E-state index in [4.69, 9.17) is 19.3 Å². The van der Waals surface area contributed by atoms with E-state index < -0.39 is 18.0 Å². The molecule has 1 atom stereocenters. The minimum Gasteiger partial charge on any atom is -0.497 e. The van der Waals surface area contributed by atoms with Crippen molar-refractivity contribution in [3.63, 3.8) is 0 Å². The summed E-state index contributed by atoms with van der Waals surface area (Å²) in [6, 6.07) is 15.3. The Kier molecular flexibility index (Phi) is 11.9. The van der Waals surface area contributed by atoms with Crippen molar-refractivity contribution in [2.75, 3.05) is 34.4 Å². The highest BCUT2D eigenvalue weighted by molar-refractivity contribution is 5.85. The largest absolute Gasteiger partial charge is 0.497 e.